The van der Waals surface area contributed by atoms with Gasteiger partial charge < -0.3 is 14.8 Å². The molecule has 0 saturated heterocycles. The van der Waals surface area contributed by atoms with Crippen LogP contribution in [0.1, 0.15) is 26.2 Å². The zero-order valence-electron chi connectivity index (χ0n) is 12.4. The predicted molar refractivity (Wildman–Crippen MR) is 92.2 cm³/mol. The molecule has 0 radical (unpaired) electrons. The molecule has 21 heavy (non-hydrogen) atoms. The number of ether oxygens (including phenoxy) is 2. The molecule has 4 nitrogen and oxygen atoms in total. The zero-order valence-corrected chi connectivity index (χ0v) is 14.0. The Hall–Kier alpha value is -1.27. The fourth-order valence-electron chi connectivity index (χ4n) is 1.46. The second-order valence-corrected chi connectivity index (χ2v) is 6.09. The lowest BCUT2D eigenvalue weighted by Crippen LogP contribution is -2.09. The van der Waals surface area contributed by atoms with Crippen LogP contribution in [0.25, 0.3) is 0 Å². The lowest BCUT2D eigenvalue weighted by molar-refractivity contribution is -0.143. The Morgan fingerprint density at radius 2 is 2.05 bits per heavy atom. The molecule has 0 aliphatic rings. The number of benzene rings is 1. The number of methoxy groups -OCH3 is 1. The van der Waals surface area contributed by atoms with E-state index in [1.807, 2.05) is 24.3 Å². The van der Waals surface area contributed by atoms with Gasteiger partial charge in [-0.25, -0.2) is 0 Å². The van der Waals surface area contributed by atoms with E-state index in [1.54, 1.807) is 7.11 Å². The third kappa shape index (κ3) is 7.92. The first-order valence-corrected chi connectivity index (χ1v) is 8.28. The maximum absolute atomic E-state index is 11.4. The van der Waals surface area contributed by atoms with Crippen molar-refractivity contribution in [2.45, 2.75) is 26.2 Å². The Balaban J connectivity index is 2.20. The summed E-state index contributed by atoms with van der Waals surface area (Å²) in [5, 5.41) is 3.11. The molecular weight excluding hydrogens is 306 g/mol. The van der Waals surface area contributed by atoms with E-state index in [0.717, 1.165) is 24.3 Å². The number of hydrogen-bond acceptors (Lipinski definition) is 5. The van der Waals surface area contributed by atoms with Crippen LogP contribution >= 0.6 is 24.0 Å². The van der Waals surface area contributed by atoms with Crippen molar-refractivity contribution < 1.29 is 14.3 Å². The SMILES string of the molecule is CCCCOC(=O)CCSC(=S)Nc1ccc(OC)cc1. The minimum Gasteiger partial charge on any atom is -0.497 e. The van der Waals surface area contributed by atoms with Crippen LogP contribution in [0.15, 0.2) is 24.3 Å². The number of carbonyl (C=O) groups excluding carboxylic acids is 1. The first-order chi connectivity index (χ1) is 10.2. The first kappa shape index (κ1) is 17.8. The largest absolute Gasteiger partial charge is 0.497 e. The van der Waals surface area contributed by atoms with E-state index in [-0.39, 0.29) is 5.97 Å². The number of carbonyl (C=O) groups is 1. The van der Waals surface area contributed by atoms with Crippen LogP contribution in [-0.2, 0) is 9.53 Å². The maximum Gasteiger partial charge on any atom is 0.306 e. The van der Waals surface area contributed by atoms with Gasteiger partial charge in [-0.2, -0.15) is 0 Å². The van der Waals surface area contributed by atoms with E-state index in [9.17, 15) is 4.79 Å². The summed E-state index contributed by atoms with van der Waals surface area (Å²) in [6.07, 6.45) is 2.31. The van der Waals surface area contributed by atoms with Crippen molar-refractivity contribution in [3.63, 3.8) is 0 Å². The molecule has 1 aromatic carbocycles. The van der Waals surface area contributed by atoms with E-state index in [0.29, 0.717) is 23.1 Å². The minimum atomic E-state index is -0.164. The monoisotopic (exact) mass is 327 g/mol. The molecule has 0 fully saturated rings. The minimum absolute atomic E-state index is 0.164. The topological polar surface area (TPSA) is 47.6 Å². The highest BCUT2D eigenvalue weighted by Gasteiger charge is 2.05. The number of anilines is 1. The molecule has 0 heterocycles. The highest BCUT2D eigenvalue weighted by molar-refractivity contribution is 8.23. The van der Waals surface area contributed by atoms with Gasteiger partial charge in [0.15, 0.2) is 0 Å². The Labute approximate surface area is 135 Å². The summed E-state index contributed by atoms with van der Waals surface area (Å²) in [4.78, 5) is 11.4. The molecule has 1 rings (SSSR count). The lowest BCUT2D eigenvalue weighted by Gasteiger charge is -2.08. The van der Waals surface area contributed by atoms with E-state index in [1.165, 1.54) is 11.8 Å². The Morgan fingerprint density at radius 3 is 2.67 bits per heavy atom. The summed E-state index contributed by atoms with van der Waals surface area (Å²) in [5.41, 5.74) is 0.902. The number of rotatable bonds is 8. The molecule has 0 aromatic heterocycles. The number of thiocarbonyl (C=S) groups is 1. The fraction of sp³-hybridized carbons (Fsp3) is 0.467. The summed E-state index contributed by atoms with van der Waals surface area (Å²) >= 11 is 6.66. The Morgan fingerprint density at radius 1 is 1.33 bits per heavy atom. The van der Waals surface area contributed by atoms with Gasteiger partial charge >= 0.3 is 5.97 Å². The van der Waals surface area contributed by atoms with Gasteiger partial charge in [-0.15, -0.1) is 0 Å². The summed E-state index contributed by atoms with van der Waals surface area (Å²) in [6, 6.07) is 7.51. The van der Waals surface area contributed by atoms with Crippen LogP contribution in [0.2, 0.25) is 0 Å². The van der Waals surface area contributed by atoms with Crippen LogP contribution < -0.4 is 10.1 Å². The van der Waals surface area contributed by atoms with E-state index < -0.39 is 0 Å². The number of thioether (sulfide) groups is 1. The van der Waals surface area contributed by atoms with Crippen LogP contribution in [0.3, 0.4) is 0 Å². The van der Waals surface area contributed by atoms with Crippen molar-refractivity contribution in [2.24, 2.45) is 0 Å². The van der Waals surface area contributed by atoms with Crippen molar-refractivity contribution in [2.75, 3.05) is 24.8 Å². The predicted octanol–water partition coefficient (Wildman–Crippen LogP) is 3.86. The fourth-order valence-corrected chi connectivity index (χ4v) is 2.47. The Bertz CT molecular complexity index is 449. The molecule has 0 amide bonds. The molecular formula is C15H21NO3S2. The molecule has 0 saturated carbocycles. The zero-order chi connectivity index (χ0) is 15.5. The molecule has 1 aromatic rings. The molecule has 0 aliphatic heterocycles. The molecule has 116 valence electrons. The van der Waals surface area contributed by atoms with Crippen molar-refractivity contribution in [1.82, 2.24) is 0 Å². The number of unbranched alkanes of at least 4 members (excludes halogenated alkanes) is 1. The van der Waals surface area contributed by atoms with Gasteiger partial charge in [-0.05, 0) is 30.7 Å². The van der Waals surface area contributed by atoms with Crippen molar-refractivity contribution in [3.05, 3.63) is 24.3 Å². The first-order valence-electron chi connectivity index (χ1n) is 6.89. The molecule has 0 bridgehead atoms. The molecule has 0 atom stereocenters. The van der Waals surface area contributed by atoms with E-state index in [2.05, 4.69) is 12.2 Å². The number of esters is 1. The highest BCUT2D eigenvalue weighted by Crippen LogP contribution is 2.17. The van der Waals surface area contributed by atoms with E-state index in [4.69, 9.17) is 21.7 Å². The van der Waals surface area contributed by atoms with Crippen molar-refractivity contribution in [3.8, 4) is 5.75 Å². The quantitative estimate of drug-likeness (QED) is 0.444. The van der Waals surface area contributed by atoms with Gasteiger partial charge in [0.2, 0.25) is 0 Å². The summed E-state index contributed by atoms with van der Waals surface area (Å²) in [6.45, 7) is 2.57. The second kappa shape index (κ2) is 10.5. The second-order valence-electron chi connectivity index (χ2n) is 4.31. The third-order valence-corrected chi connectivity index (χ3v) is 3.86. The van der Waals surface area contributed by atoms with Crippen molar-refractivity contribution in [1.29, 1.82) is 0 Å². The van der Waals surface area contributed by atoms with Gasteiger partial charge in [0.25, 0.3) is 0 Å². The third-order valence-electron chi connectivity index (χ3n) is 2.64. The molecule has 0 aliphatic carbocycles. The van der Waals surface area contributed by atoms with Gasteiger partial charge in [-0.3, -0.25) is 4.79 Å². The van der Waals surface area contributed by atoms with Gasteiger partial charge in [0.1, 0.15) is 10.1 Å². The van der Waals surface area contributed by atoms with E-state index >= 15 is 0 Å². The van der Waals surface area contributed by atoms with Crippen molar-refractivity contribution >= 4 is 40.0 Å². The average molecular weight is 327 g/mol. The highest BCUT2D eigenvalue weighted by atomic mass is 32.2. The smallest absolute Gasteiger partial charge is 0.306 e. The van der Waals surface area contributed by atoms with Crippen LogP contribution in [0, 0.1) is 0 Å². The Kier molecular flexibility index (Phi) is 8.85. The van der Waals surface area contributed by atoms with Crippen LogP contribution in [0.4, 0.5) is 5.69 Å². The lowest BCUT2D eigenvalue weighted by atomic mass is 10.3. The normalized spacial score (nSPS) is 10.0. The molecule has 1 N–H and O–H groups in total. The number of hydrogen-bond donors (Lipinski definition) is 1. The van der Waals surface area contributed by atoms with Gasteiger partial charge in [0.05, 0.1) is 20.1 Å². The van der Waals surface area contributed by atoms with Gasteiger partial charge in [-0.1, -0.05) is 37.3 Å². The summed E-state index contributed by atoms with van der Waals surface area (Å²) in [7, 11) is 1.63. The maximum atomic E-state index is 11.4. The summed E-state index contributed by atoms with van der Waals surface area (Å²) < 4.78 is 10.8. The molecule has 0 unspecified atom stereocenters. The summed E-state index contributed by atoms with van der Waals surface area (Å²) in [5.74, 6) is 1.25. The number of nitrogens with one attached hydrogen (secondary N) is 1. The van der Waals surface area contributed by atoms with Gasteiger partial charge in [0, 0.05) is 11.4 Å². The standard InChI is InChI=1S/C15H21NO3S2/c1-3-4-10-19-14(17)9-11-21-15(20)16-12-5-7-13(18-2)8-6-12/h5-8H,3-4,9-11H2,1-2H3,(H,16,20). The van der Waals surface area contributed by atoms with Crippen LogP contribution in [-0.4, -0.2) is 29.8 Å². The molecule has 6 heteroatoms. The average Bonchev–Trinajstić information content (AvgIpc) is 2.48. The molecule has 0 spiro atoms. The van der Waals surface area contributed by atoms with Crippen LogP contribution in [0.5, 0.6) is 5.75 Å².